The molecule has 0 bridgehead atoms. The summed E-state index contributed by atoms with van der Waals surface area (Å²) < 4.78 is 24.0. The first kappa shape index (κ1) is 22.1. The standard InChI is InChI=1S/C28H26O5Si/c1-30-25-16-20-10-6-8-12-22(20)18-27(25)32-34(29,24-14-4-3-5-15-24)33-28-19-23-13-9-7-11-21(23)17-26(28)31-2/h3-4,6-14,16-19,29H,5,15H2,1-2H3. The number of methoxy groups -OCH3 is 2. The predicted molar refractivity (Wildman–Crippen MR) is 137 cm³/mol. The fraction of sp³-hybridized carbons (Fsp3) is 0.143. The molecule has 0 heterocycles. The molecule has 6 heteroatoms. The zero-order chi connectivity index (χ0) is 23.5. The molecule has 1 aliphatic carbocycles. The van der Waals surface area contributed by atoms with E-state index in [1.807, 2.05) is 84.9 Å². The number of hydrogen-bond donors (Lipinski definition) is 1. The largest absolute Gasteiger partial charge is 0.662 e. The maximum Gasteiger partial charge on any atom is 0.662 e. The van der Waals surface area contributed by atoms with Gasteiger partial charge in [-0.2, -0.15) is 0 Å². The molecule has 172 valence electrons. The smallest absolute Gasteiger partial charge is 0.493 e. The summed E-state index contributed by atoms with van der Waals surface area (Å²) in [6.45, 7) is 0. The van der Waals surface area contributed by atoms with E-state index in [9.17, 15) is 4.80 Å². The highest BCUT2D eigenvalue weighted by molar-refractivity contribution is 6.69. The van der Waals surface area contributed by atoms with E-state index in [1.165, 1.54) is 0 Å². The minimum atomic E-state index is -3.95. The van der Waals surface area contributed by atoms with Crippen molar-refractivity contribution in [2.45, 2.75) is 12.8 Å². The Kier molecular flexibility index (Phi) is 6.00. The van der Waals surface area contributed by atoms with Crippen LogP contribution < -0.4 is 18.3 Å². The van der Waals surface area contributed by atoms with Crippen molar-refractivity contribution in [3.63, 3.8) is 0 Å². The van der Waals surface area contributed by atoms with Gasteiger partial charge >= 0.3 is 8.80 Å². The second-order valence-corrected chi connectivity index (χ2v) is 10.4. The van der Waals surface area contributed by atoms with Gasteiger partial charge in [0.2, 0.25) is 0 Å². The number of allylic oxidation sites excluding steroid dienone is 4. The van der Waals surface area contributed by atoms with Crippen LogP contribution in [0.4, 0.5) is 0 Å². The lowest BCUT2D eigenvalue weighted by Crippen LogP contribution is -2.51. The summed E-state index contributed by atoms with van der Waals surface area (Å²) in [7, 11) is -0.769. The molecule has 0 spiro atoms. The molecular weight excluding hydrogens is 444 g/mol. The lowest BCUT2D eigenvalue weighted by atomic mass is 10.1. The molecule has 0 unspecified atom stereocenters. The second-order valence-electron chi connectivity index (χ2n) is 8.15. The number of benzene rings is 4. The van der Waals surface area contributed by atoms with Gasteiger partial charge in [0.05, 0.1) is 14.2 Å². The topological polar surface area (TPSA) is 57.2 Å². The summed E-state index contributed by atoms with van der Waals surface area (Å²) >= 11 is 0. The molecule has 0 amide bonds. The zero-order valence-electron chi connectivity index (χ0n) is 19.2. The highest BCUT2D eigenvalue weighted by atomic mass is 28.4. The van der Waals surface area contributed by atoms with Crippen LogP contribution in [0.5, 0.6) is 23.0 Å². The maximum absolute atomic E-state index is 12.0. The van der Waals surface area contributed by atoms with Gasteiger partial charge < -0.3 is 23.1 Å². The second kappa shape index (κ2) is 9.25. The van der Waals surface area contributed by atoms with Crippen molar-refractivity contribution < 1.29 is 23.1 Å². The fourth-order valence-electron chi connectivity index (χ4n) is 4.19. The van der Waals surface area contributed by atoms with Gasteiger partial charge in [0.1, 0.15) is 0 Å². The Morgan fingerprint density at radius 3 is 1.50 bits per heavy atom. The molecule has 4 aromatic rings. The van der Waals surface area contributed by atoms with E-state index in [2.05, 4.69) is 6.08 Å². The molecule has 0 fully saturated rings. The summed E-state index contributed by atoms with van der Waals surface area (Å²) in [5.41, 5.74) is 0. The summed E-state index contributed by atoms with van der Waals surface area (Å²) in [4.78, 5) is 12.0. The molecule has 5 nitrogen and oxygen atoms in total. The van der Waals surface area contributed by atoms with Gasteiger partial charge in [-0.3, -0.25) is 0 Å². The van der Waals surface area contributed by atoms with Crippen molar-refractivity contribution in [2.24, 2.45) is 0 Å². The van der Waals surface area contributed by atoms with Crippen LogP contribution in [0, 0.1) is 0 Å². The van der Waals surface area contributed by atoms with Crippen LogP contribution in [0.1, 0.15) is 12.8 Å². The molecule has 34 heavy (non-hydrogen) atoms. The monoisotopic (exact) mass is 470 g/mol. The number of ether oxygens (including phenoxy) is 2. The van der Waals surface area contributed by atoms with Gasteiger partial charge in [0.15, 0.2) is 23.0 Å². The van der Waals surface area contributed by atoms with Gasteiger partial charge in [0, 0.05) is 5.20 Å². The van der Waals surface area contributed by atoms with E-state index in [4.69, 9.17) is 18.3 Å². The van der Waals surface area contributed by atoms with Crippen LogP contribution in [0.3, 0.4) is 0 Å². The van der Waals surface area contributed by atoms with Crippen molar-refractivity contribution in [3.05, 3.63) is 96.2 Å². The molecule has 5 rings (SSSR count). The number of fused-ring (bicyclic) bond motifs is 2. The van der Waals surface area contributed by atoms with Crippen LogP contribution in [0.15, 0.2) is 96.2 Å². The van der Waals surface area contributed by atoms with Gasteiger partial charge in [-0.25, -0.2) is 0 Å². The van der Waals surface area contributed by atoms with Crippen LogP contribution in [-0.2, 0) is 0 Å². The quantitative estimate of drug-likeness (QED) is 0.325. The summed E-state index contributed by atoms with van der Waals surface area (Å²) in [6, 6.07) is 23.5. The van der Waals surface area contributed by atoms with E-state index >= 15 is 0 Å². The Hall–Kier alpha value is -3.74. The molecular formula is C28H26O5Si. The third-order valence-corrected chi connectivity index (χ3v) is 8.20. The Bertz CT molecular complexity index is 1320. The average molecular weight is 471 g/mol. The maximum atomic E-state index is 12.0. The highest BCUT2D eigenvalue weighted by Crippen LogP contribution is 2.39. The Morgan fingerprint density at radius 1 is 0.676 bits per heavy atom. The van der Waals surface area contributed by atoms with Crippen LogP contribution >= 0.6 is 0 Å². The molecule has 0 atom stereocenters. The van der Waals surface area contributed by atoms with Gasteiger partial charge in [-0.1, -0.05) is 66.8 Å². The summed E-state index contributed by atoms with van der Waals surface area (Å²) in [6.07, 6.45) is 7.32. The van der Waals surface area contributed by atoms with Crippen LogP contribution in [-0.4, -0.2) is 27.8 Å². The minimum Gasteiger partial charge on any atom is -0.493 e. The first-order valence-electron chi connectivity index (χ1n) is 11.2. The molecule has 0 saturated carbocycles. The Labute approximate surface area is 199 Å². The Morgan fingerprint density at radius 2 is 1.12 bits per heavy atom. The average Bonchev–Trinajstić information content (AvgIpc) is 2.88. The summed E-state index contributed by atoms with van der Waals surface area (Å²) in [5.74, 6) is 1.94. The van der Waals surface area contributed by atoms with Crippen molar-refractivity contribution in [3.8, 4) is 23.0 Å². The van der Waals surface area contributed by atoms with E-state index in [0.29, 0.717) is 29.4 Å². The lowest BCUT2D eigenvalue weighted by Gasteiger charge is -2.29. The Balaban J connectivity index is 1.61. The van der Waals surface area contributed by atoms with Gasteiger partial charge in [0.25, 0.3) is 0 Å². The predicted octanol–water partition coefficient (Wildman–Crippen LogP) is 6.21. The van der Waals surface area contributed by atoms with E-state index in [-0.39, 0.29) is 0 Å². The molecule has 4 aromatic carbocycles. The van der Waals surface area contributed by atoms with Crippen molar-refractivity contribution >= 4 is 30.3 Å². The molecule has 0 aliphatic heterocycles. The lowest BCUT2D eigenvalue weighted by molar-refractivity contribution is 0.249. The molecule has 0 saturated heterocycles. The fourth-order valence-corrected chi connectivity index (χ4v) is 6.18. The van der Waals surface area contributed by atoms with Crippen LogP contribution in [0.2, 0.25) is 0 Å². The molecule has 1 aliphatic rings. The van der Waals surface area contributed by atoms with Gasteiger partial charge in [-0.05, 0) is 58.7 Å². The molecule has 1 N–H and O–H groups in total. The van der Waals surface area contributed by atoms with Crippen molar-refractivity contribution in [1.82, 2.24) is 0 Å². The first-order valence-corrected chi connectivity index (χ1v) is 13.0. The highest BCUT2D eigenvalue weighted by Gasteiger charge is 2.48. The zero-order valence-corrected chi connectivity index (χ0v) is 20.2. The van der Waals surface area contributed by atoms with Crippen molar-refractivity contribution in [2.75, 3.05) is 14.2 Å². The minimum absolute atomic E-state index is 0.436. The SMILES string of the molecule is COc1cc2ccccc2cc1O[Si](O)(Oc1cc2ccccc2cc1OC)C1=CC=CCC1. The number of rotatable bonds is 7. The number of hydrogen-bond acceptors (Lipinski definition) is 5. The molecule has 0 radical (unpaired) electrons. The first-order chi connectivity index (χ1) is 16.6. The normalized spacial score (nSPS) is 13.6. The van der Waals surface area contributed by atoms with Gasteiger partial charge in [-0.15, -0.1) is 0 Å². The van der Waals surface area contributed by atoms with Crippen LogP contribution in [0.25, 0.3) is 21.5 Å². The molecule has 0 aromatic heterocycles. The van der Waals surface area contributed by atoms with E-state index < -0.39 is 8.80 Å². The summed E-state index contributed by atoms with van der Waals surface area (Å²) in [5, 5.41) is 4.74. The third-order valence-electron chi connectivity index (χ3n) is 5.98. The van der Waals surface area contributed by atoms with Crippen molar-refractivity contribution in [1.29, 1.82) is 0 Å². The van der Waals surface area contributed by atoms with E-state index in [0.717, 1.165) is 33.2 Å². The van der Waals surface area contributed by atoms with E-state index in [1.54, 1.807) is 14.2 Å². The third kappa shape index (κ3) is 4.25.